The molecule has 1 fully saturated rings. The van der Waals surface area contributed by atoms with Gasteiger partial charge in [-0.05, 0) is 18.4 Å². The van der Waals surface area contributed by atoms with Gasteiger partial charge in [0, 0.05) is 29.3 Å². The number of halogens is 1. The Labute approximate surface area is 111 Å². The molecule has 0 atom stereocenters. The van der Waals surface area contributed by atoms with Crippen molar-refractivity contribution in [1.29, 1.82) is 0 Å². The summed E-state index contributed by atoms with van der Waals surface area (Å²) in [6, 6.07) is 4.43. The summed E-state index contributed by atoms with van der Waals surface area (Å²) in [5.74, 6) is 0.811. The summed E-state index contributed by atoms with van der Waals surface area (Å²) in [7, 11) is 0. The van der Waals surface area contributed by atoms with Gasteiger partial charge in [0.25, 0.3) is 5.69 Å². The molecule has 0 N–H and O–H groups in total. The van der Waals surface area contributed by atoms with Gasteiger partial charge in [0.15, 0.2) is 0 Å². The van der Waals surface area contributed by atoms with Gasteiger partial charge in [-0.25, -0.2) is 0 Å². The van der Waals surface area contributed by atoms with Crippen molar-refractivity contribution in [3.05, 3.63) is 38.9 Å². The number of nitrogens with zero attached hydrogens (tertiary/aromatic N) is 1. The molecule has 1 aromatic rings. The van der Waals surface area contributed by atoms with E-state index in [1.807, 2.05) is 0 Å². The lowest BCUT2D eigenvalue weighted by Gasteiger charge is -2.24. The van der Waals surface area contributed by atoms with Crippen LogP contribution < -0.4 is 0 Å². The number of hydrogen-bond acceptors (Lipinski definition) is 3. The molecule has 1 aliphatic rings. The third-order valence-corrected chi connectivity index (χ3v) is 3.76. The zero-order valence-electron chi connectivity index (χ0n) is 10.1. The first-order valence-corrected chi connectivity index (χ1v) is 6.55. The molecule has 0 radical (unpaired) electrons. The molecular formula is C13H16ClNO3. The average molecular weight is 270 g/mol. The van der Waals surface area contributed by atoms with E-state index in [2.05, 4.69) is 0 Å². The molecule has 0 spiro atoms. The van der Waals surface area contributed by atoms with Crippen molar-refractivity contribution in [2.45, 2.75) is 32.3 Å². The predicted molar refractivity (Wildman–Crippen MR) is 69.7 cm³/mol. The standard InChI is InChI=1S/C13H16ClNO3/c14-13-5-4-12(15(16)17)8-11(13)9-18-7-6-10-2-1-3-10/h4-5,8,10H,1-3,6-7,9H2. The second-order valence-corrected chi connectivity index (χ2v) is 5.08. The summed E-state index contributed by atoms with van der Waals surface area (Å²) < 4.78 is 5.53. The zero-order chi connectivity index (χ0) is 13.0. The highest BCUT2D eigenvalue weighted by molar-refractivity contribution is 6.31. The van der Waals surface area contributed by atoms with Crippen LogP contribution in [0.2, 0.25) is 5.02 Å². The van der Waals surface area contributed by atoms with Crippen LogP contribution in [0.15, 0.2) is 18.2 Å². The lowest BCUT2D eigenvalue weighted by atomic mass is 9.83. The molecule has 18 heavy (non-hydrogen) atoms. The van der Waals surface area contributed by atoms with Crippen LogP contribution in [0.5, 0.6) is 0 Å². The number of non-ortho nitro benzene ring substituents is 1. The molecule has 5 heteroatoms. The highest BCUT2D eigenvalue weighted by Crippen LogP contribution is 2.29. The summed E-state index contributed by atoms with van der Waals surface area (Å²) in [6.07, 6.45) is 5.02. The molecule has 0 bridgehead atoms. The first-order chi connectivity index (χ1) is 8.66. The third-order valence-electron chi connectivity index (χ3n) is 3.39. The fraction of sp³-hybridized carbons (Fsp3) is 0.538. The molecule has 0 aliphatic heterocycles. The van der Waals surface area contributed by atoms with Crippen LogP contribution in [-0.2, 0) is 11.3 Å². The second kappa shape index (κ2) is 6.16. The molecular weight excluding hydrogens is 254 g/mol. The van der Waals surface area contributed by atoms with E-state index in [4.69, 9.17) is 16.3 Å². The Morgan fingerprint density at radius 3 is 2.83 bits per heavy atom. The summed E-state index contributed by atoms with van der Waals surface area (Å²) in [5, 5.41) is 11.2. The first kappa shape index (κ1) is 13.3. The van der Waals surface area contributed by atoms with E-state index in [-0.39, 0.29) is 5.69 Å². The fourth-order valence-corrected chi connectivity index (χ4v) is 2.17. The van der Waals surface area contributed by atoms with Crippen LogP contribution in [0.1, 0.15) is 31.2 Å². The number of benzene rings is 1. The molecule has 4 nitrogen and oxygen atoms in total. The number of nitro groups is 1. The van der Waals surface area contributed by atoms with Gasteiger partial charge in [0.1, 0.15) is 0 Å². The van der Waals surface area contributed by atoms with Crippen LogP contribution in [0, 0.1) is 16.0 Å². The van der Waals surface area contributed by atoms with Crippen LogP contribution in [0.4, 0.5) is 5.69 Å². The number of rotatable bonds is 6. The number of hydrogen-bond donors (Lipinski definition) is 0. The molecule has 0 unspecified atom stereocenters. The SMILES string of the molecule is O=[N+]([O-])c1ccc(Cl)c(COCCC2CCC2)c1. The van der Waals surface area contributed by atoms with Crippen LogP contribution in [-0.4, -0.2) is 11.5 Å². The Hall–Kier alpha value is -1.13. The molecule has 0 heterocycles. The van der Waals surface area contributed by atoms with Crippen molar-refractivity contribution in [3.8, 4) is 0 Å². The van der Waals surface area contributed by atoms with Gasteiger partial charge in [0.05, 0.1) is 11.5 Å². The lowest BCUT2D eigenvalue weighted by Crippen LogP contribution is -2.13. The van der Waals surface area contributed by atoms with Gasteiger partial charge >= 0.3 is 0 Å². The lowest BCUT2D eigenvalue weighted by molar-refractivity contribution is -0.384. The quantitative estimate of drug-likeness (QED) is 0.446. The van der Waals surface area contributed by atoms with Crippen LogP contribution in [0.25, 0.3) is 0 Å². The molecule has 1 aromatic carbocycles. The third kappa shape index (κ3) is 3.43. The highest BCUT2D eigenvalue weighted by Gasteiger charge is 2.16. The maximum absolute atomic E-state index is 10.7. The minimum absolute atomic E-state index is 0.0528. The Kier molecular flexibility index (Phi) is 4.55. The van der Waals surface area contributed by atoms with Crippen LogP contribution in [0.3, 0.4) is 0 Å². The first-order valence-electron chi connectivity index (χ1n) is 6.17. The summed E-state index contributed by atoms with van der Waals surface area (Å²) in [4.78, 5) is 10.2. The predicted octanol–water partition coefficient (Wildman–Crippen LogP) is 3.96. The van der Waals surface area contributed by atoms with Gasteiger partial charge in [-0.15, -0.1) is 0 Å². The van der Waals surface area contributed by atoms with Crippen molar-refractivity contribution < 1.29 is 9.66 Å². The molecule has 1 saturated carbocycles. The smallest absolute Gasteiger partial charge is 0.269 e. The summed E-state index contributed by atoms with van der Waals surface area (Å²) >= 11 is 5.98. The van der Waals surface area contributed by atoms with Crippen molar-refractivity contribution in [2.24, 2.45) is 5.92 Å². The molecule has 2 rings (SSSR count). The average Bonchev–Trinajstić information content (AvgIpc) is 2.28. The maximum atomic E-state index is 10.7. The monoisotopic (exact) mass is 269 g/mol. The Morgan fingerprint density at radius 1 is 1.44 bits per heavy atom. The summed E-state index contributed by atoms with van der Waals surface area (Å²) in [6.45, 7) is 1.04. The number of ether oxygens (including phenoxy) is 1. The van der Waals surface area contributed by atoms with Gasteiger partial charge in [-0.1, -0.05) is 30.9 Å². The van der Waals surface area contributed by atoms with E-state index in [0.717, 1.165) is 12.3 Å². The Morgan fingerprint density at radius 2 is 2.22 bits per heavy atom. The molecule has 98 valence electrons. The van der Waals surface area contributed by atoms with Crippen molar-refractivity contribution in [2.75, 3.05) is 6.61 Å². The Bertz CT molecular complexity index is 432. The minimum Gasteiger partial charge on any atom is -0.377 e. The number of nitro benzene ring substituents is 1. The molecule has 1 aliphatic carbocycles. The van der Waals surface area contributed by atoms with E-state index in [1.165, 1.54) is 31.4 Å². The van der Waals surface area contributed by atoms with Gasteiger partial charge in [-0.3, -0.25) is 10.1 Å². The van der Waals surface area contributed by atoms with E-state index in [0.29, 0.717) is 23.8 Å². The molecule has 0 saturated heterocycles. The maximum Gasteiger partial charge on any atom is 0.269 e. The van der Waals surface area contributed by atoms with E-state index >= 15 is 0 Å². The van der Waals surface area contributed by atoms with E-state index in [1.54, 1.807) is 6.07 Å². The second-order valence-electron chi connectivity index (χ2n) is 4.67. The van der Waals surface area contributed by atoms with Gasteiger partial charge < -0.3 is 4.74 Å². The largest absolute Gasteiger partial charge is 0.377 e. The van der Waals surface area contributed by atoms with Gasteiger partial charge in [-0.2, -0.15) is 0 Å². The van der Waals surface area contributed by atoms with Crippen molar-refractivity contribution in [3.63, 3.8) is 0 Å². The van der Waals surface area contributed by atoms with Crippen molar-refractivity contribution >= 4 is 17.3 Å². The zero-order valence-corrected chi connectivity index (χ0v) is 10.9. The van der Waals surface area contributed by atoms with E-state index < -0.39 is 4.92 Å². The minimum atomic E-state index is -0.422. The normalized spacial score (nSPS) is 15.4. The summed E-state index contributed by atoms with van der Waals surface area (Å²) in [5.41, 5.74) is 0.733. The highest BCUT2D eigenvalue weighted by atomic mass is 35.5. The molecule has 0 aromatic heterocycles. The topological polar surface area (TPSA) is 52.4 Å². The van der Waals surface area contributed by atoms with Crippen LogP contribution >= 0.6 is 11.6 Å². The van der Waals surface area contributed by atoms with Crippen molar-refractivity contribution in [1.82, 2.24) is 0 Å². The van der Waals surface area contributed by atoms with Gasteiger partial charge in [0.2, 0.25) is 0 Å². The van der Waals surface area contributed by atoms with E-state index in [9.17, 15) is 10.1 Å². The fourth-order valence-electron chi connectivity index (χ4n) is 2.00. The Balaban J connectivity index is 1.83. The molecule has 0 amide bonds.